The molecular weight excluding hydrogens is 568 g/mol. The van der Waals surface area contributed by atoms with Crippen LogP contribution in [0, 0.1) is 17.8 Å². The van der Waals surface area contributed by atoms with Gasteiger partial charge in [0.15, 0.2) is 5.65 Å². The zero-order chi connectivity index (χ0) is 30.4. The molecule has 0 radical (unpaired) electrons. The van der Waals surface area contributed by atoms with Crippen molar-refractivity contribution in [2.24, 2.45) is 17.8 Å². The number of alkyl halides is 4. The number of carbonyl (C=O) groups is 2. The number of hydrogen-bond acceptors (Lipinski definition) is 6. The van der Waals surface area contributed by atoms with Crippen molar-refractivity contribution in [3.63, 3.8) is 0 Å². The maximum absolute atomic E-state index is 14.1. The van der Waals surface area contributed by atoms with Gasteiger partial charge in [-0.15, -0.1) is 5.10 Å². The first-order valence-corrected chi connectivity index (χ1v) is 15.1. The molecule has 0 aromatic carbocycles. The fourth-order valence-corrected chi connectivity index (χ4v) is 6.24. The lowest BCUT2D eigenvalue weighted by molar-refractivity contribution is -0.122. The molecule has 6 rings (SSSR count). The van der Waals surface area contributed by atoms with Gasteiger partial charge in [0.2, 0.25) is 11.8 Å². The molecule has 2 amide bonds. The lowest BCUT2D eigenvalue weighted by Crippen LogP contribution is -2.38. The van der Waals surface area contributed by atoms with Gasteiger partial charge in [0.1, 0.15) is 5.69 Å². The van der Waals surface area contributed by atoms with Gasteiger partial charge in [0.05, 0.1) is 42.9 Å². The summed E-state index contributed by atoms with van der Waals surface area (Å²) in [5, 5.41) is 18.2. The molecule has 3 heterocycles. The number of nitrogens with one attached hydrogen (secondary N) is 2. The molecule has 3 aliphatic carbocycles. The maximum atomic E-state index is 14.1. The first-order chi connectivity index (χ1) is 20.5. The van der Waals surface area contributed by atoms with E-state index in [4.69, 9.17) is 4.98 Å². The maximum Gasteiger partial charge on any atom is 0.271 e. The van der Waals surface area contributed by atoms with Crippen LogP contribution in [-0.2, 0) is 11.3 Å². The van der Waals surface area contributed by atoms with Gasteiger partial charge >= 0.3 is 0 Å². The summed E-state index contributed by atoms with van der Waals surface area (Å²) in [5.74, 6) is -7.09. The summed E-state index contributed by atoms with van der Waals surface area (Å²) in [5.41, 5.74) is 1.81. The highest BCUT2D eigenvalue weighted by atomic mass is 19.3. The molecule has 232 valence electrons. The molecular formula is C29H36F4N8O2. The molecule has 3 atom stereocenters. The van der Waals surface area contributed by atoms with E-state index >= 15 is 0 Å². The molecule has 14 heteroatoms. The second-order valence-corrected chi connectivity index (χ2v) is 12.4. The van der Waals surface area contributed by atoms with E-state index in [0.717, 1.165) is 35.9 Å². The number of hydrogen-bond donors (Lipinski definition) is 2. The number of rotatable bonds is 11. The Bertz CT molecular complexity index is 1480. The molecule has 43 heavy (non-hydrogen) atoms. The third kappa shape index (κ3) is 6.37. The van der Waals surface area contributed by atoms with Gasteiger partial charge in [-0.25, -0.2) is 31.7 Å². The predicted octanol–water partition coefficient (Wildman–Crippen LogP) is 5.03. The van der Waals surface area contributed by atoms with E-state index in [-0.39, 0.29) is 62.2 Å². The Balaban J connectivity index is 1.27. The summed E-state index contributed by atoms with van der Waals surface area (Å²) in [6, 6.07) is 0.952. The first-order valence-electron chi connectivity index (χ1n) is 15.1. The van der Waals surface area contributed by atoms with Crippen molar-refractivity contribution in [3.8, 4) is 0 Å². The molecule has 0 bridgehead atoms. The number of nitrogens with zero attached hydrogens (tertiary/aromatic N) is 6. The first kappa shape index (κ1) is 29.5. The van der Waals surface area contributed by atoms with Crippen molar-refractivity contribution < 1.29 is 27.2 Å². The number of amides is 2. The fourth-order valence-electron chi connectivity index (χ4n) is 6.24. The highest BCUT2D eigenvalue weighted by Crippen LogP contribution is 2.49. The Hall–Kier alpha value is -3.58. The van der Waals surface area contributed by atoms with Crippen LogP contribution in [0.15, 0.2) is 24.7 Å². The summed E-state index contributed by atoms with van der Waals surface area (Å²) in [7, 11) is 0. The Morgan fingerprint density at radius 1 is 1.05 bits per heavy atom. The summed E-state index contributed by atoms with van der Waals surface area (Å²) < 4.78 is 58.0. The highest BCUT2D eigenvalue weighted by molar-refractivity contribution is 5.92. The SMILES string of the molecule is CCCC(=O)N[C@@H](c1cnn2cc([C@@H](NC(=O)c3cnnn3CC3CC3(F)F)C3CCC(F)(F)CC3)nc2c1)C1CCC1. The average Bonchev–Trinajstić information content (AvgIpc) is 3.27. The minimum Gasteiger partial charge on any atom is -0.349 e. The van der Waals surface area contributed by atoms with Gasteiger partial charge in [-0.3, -0.25) is 9.59 Å². The average molecular weight is 605 g/mol. The van der Waals surface area contributed by atoms with Crippen LogP contribution >= 0.6 is 0 Å². The third-order valence-electron chi connectivity index (χ3n) is 9.17. The summed E-state index contributed by atoms with van der Waals surface area (Å²) >= 11 is 0. The van der Waals surface area contributed by atoms with Crippen molar-refractivity contribution in [3.05, 3.63) is 41.6 Å². The van der Waals surface area contributed by atoms with Crippen LogP contribution < -0.4 is 10.6 Å². The lowest BCUT2D eigenvalue weighted by atomic mass is 9.77. The number of carbonyl (C=O) groups excluding carboxylic acids is 2. The van der Waals surface area contributed by atoms with Gasteiger partial charge < -0.3 is 10.6 Å². The smallest absolute Gasteiger partial charge is 0.271 e. The van der Waals surface area contributed by atoms with Crippen molar-refractivity contribution in [1.82, 2.24) is 40.2 Å². The molecule has 3 fully saturated rings. The predicted molar refractivity (Wildman–Crippen MR) is 146 cm³/mol. The molecule has 3 aliphatic rings. The fraction of sp³-hybridized carbons (Fsp3) is 0.655. The highest BCUT2D eigenvalue weighted by Gasteiger charge is 2.57. The van der Waals surface area contributed by atoms with E-state index in [1.807, 2.05) is 13.0 Å². The summed E-state index contributed by atoms with van der Waals surface area (Å²) in [4.78, 5) is 30.7. The van der Waals surface area contributed by atoms with Crippen LogP contribution in [0.3, 0.4) is 0 Å². The Morgan fingerprint density at radius 2 is 1.77 bits per heavy atom. The van der Waals surface area contributed by atoms with Crippen LogP contribution in [0.4, 0.5) is 17.6 Å². The standard InChI is InChI=1S/C29H36F4N8O2/c1-2-4-24(42)37-25(17-5-3-6-17)19-11-23-36-21(16-41(23)35-13-19)26(18-7-9-28(30,31)10-8-18)38-27(43)22-14-34-39-40(22)15-20-12-29(20,32)33/h11,13-14,16-18,20,25-26H,2-10,12,15H2,1H3,(H,37,42)(H,38,43)/t20?,25-,26+/m1/s1. The molecule has 2 N–H and O–H groups in total. The molecule has 0 spiro atoms. The Kier molecular flexibility index (Phi) is 7.88. The number of halogens is 4. The van der Waals surface area contributed by atoms with E-state index in [0.29, 0.717) is 23.7 Å². The van der Waals surface area contributed by atoms with E-state index in [1.54, 1.807) is 16.9 Å². The monoisotopic (exact) mass is 604 g/mol. The van der Waals surface area contributed by atoms with E-state index in [9.17, 15) is 27.2 Å². The quantitative estimate of drug-likeness (QED) is 0.297. The Labute approximate surface area is 246 Å². The number of imidazole rings is 1. The van der Waals surface area contributed by atoms with Gasteiger partial charge in [0, 0.05) is 31.6 Å². The number of fused-ring (bicyclic) bond motifs is 1. The number of aromatic nitrogens is 6. The van der Waals surface area contributed by atoms with Crippen LogP contribution in [0.2, 0.25) is 0 Å². The van der Waals surface area contributed by atoms with Crippen LogP contribution in [-0.4, -0.2) is 53.3 Å². The van der Waals surface area contributed by atoms with Crippen LogP contribution in [0.1, 0.15) is 105 Å². The molecule has 0 saturated heterocycles. The minimum absolute atomic E-state index is 0.0145. The van der Waals surface area contributed by atoms with Crippen LogP contribution in [0.5, 0.6) is 0 Å². The van der Waals surface area contributed by atoms with Crippen molar-refractivity contribution in [1.29, 1.82) is 0 Å². The molecule has 0 aliphatic heterocycles. The summed E-state index contributed by atoms with van der Waals surface area (Å²) in [6.07, 6.45) is 8.34. The minimum atomic E-state index is -2.78. The summed E-state index contributed by atoms with van der Waals surface area (Å²) in [6.45, 7) is 1.81. The van der Waals surface area contributed by atoms with Crippen molar-refractivity contribution >= 4 is 17.5 Å². The van der Waals surface area contributed by atoms with E-state index in [1.165, 1.54) is 6.20 Å². The lowest BCUT2D eigenvalue weighted by Gasteiger charge is -2.34. The molecule has 3 aromatic heterocycles. The third-order valence-corrected chi connectivity index (χ3v) is 9.17. The largest absolute Gasteiger partial charge is 0.349 e. The second-order valence-electron chi connectivity index (χ2n) is 12.4. The molecule has 3 saturated carbocycles. The van der Waals surface area contributed by atoms with Crippen LogP contribution in [0.25, 0.3) is 5.65 Å². The van der Waals surface area contributed by atoms with Gasteiger partial charge in [-0.2, -0.15) is 5.10 Å². The normalized spacial score (nSPS) is 23.0. The van der Waals surface area contributed by atoms with E-state index in [2.05, 4.69) is 26.0 Å². The van der Waals surface area contributed by atoms with Crippen molar-refractivity contribution in [2.45, 2.75) is 102 Å². The molecule has 10 nitrogen and oxygen atoms in total. The molecule has 3 aromatic rings. The van der Waals surface area contributed by atoms with Gasteiger partial charge in [-0.1, -0.05) is 18.6 Å². The van der Waals surface area contributed by atoms with E-state index < -0.39 is 29.7 Å². The van der Waals surface area contributed by atoms with Gasteiger partial charge in [0.25, 0.3) is 11.8 Å². The zero-order valence-electron chi connectivity index (χ0n) is 24.0. The molecule has 1 unspecified atom stereocenters. The van der Waals surface area contributed by atoms with Gasteiger partial charge in [-0.05, 0) is 55.6 Å². The zero-order valence-corrected chi connectivity index (χ0v) is 24.0. The second kappa shape index (κ2) is 11.5. The Morgan fingerprint density at radius 3 is 2.42 bits per heavy atom. The topological polar surface area (TPSA) is 119 Å². The van der Waals surface area contributed by atoms with Crippen molar-refractivity contribution in [2.75, 3.05) is 0 Å².